The molecule has 0 unspecified atom stereocenters. The molecule has 2 aromatic carbocycles. The number of methoxy groups -OCH3 is 2. The number of nitrogens with one attached hydrogen (secondary N) is 2. The summed E-state index contributed by atoms with van der Waals surface area (Å²) in [5.74, 6) is 0.324. The molecule has 2 N–H and O–H groups in total. The first-order valence-corrected chi connectivity index (χ1v) is 19.5. The molecule has 53 heavy (non-hydrogen) atoms. The molecular weight excluding hydrogens is 701 g/mol. The van der Waals surface area contributed by atoms with Crippen LogP contribution in [0.5, 0.6) is 17.4 Å². The zero-order chi connectivity index (χ0) is 37.7. The van der Waals surface area contributed by atoms with Gasteiger partial charge in [-0.2, -0.15) is 4.98 Å². The first-order chi connectivity index (χ1) is 25.3. The van der Waals surface area contributed by atoms with E-state index < -0.39 is 44.3 Å². The van der Waals surface area contributed by atoms with Gasteiger partial charge in [0, 0.05) is 37.1 Å². The van der Waals surface area contributed by atoms with Gasteiger partial charge in [-0.1, -0.05) is 12.2 Å². The molecule has 3 heterocycles. The van der Waals surface area contributed by atoms with Crippen LogP contribution in [0.15, 0.2) is 48.6 Å². The minimum Gasteiger partial charge on any atom is -0.497 e. The molecule has 1 aromatic heterocycles. The van der Waals surface area contributed by atoms with E-state index in [1.165, 1.54) is 4.90 Å². The van der Waals surface area contributed by atoms with Gasteiger partial charge < -0.3 is 29.3 Å². The first kappa shape index (κ1) is 36.4. The number of carbonyl (C=O) groups is 3. The van der Waals surface area contributed by atoms with Crippen LogP contribution in [0, 0.1) is 12.8 Å². The van der Waals surface area contributed by atoms with E-state index >= 15 is 0 Å². The Labute approximate surface area is 309 Å². The Morgan fingerprint density at radius 1 is 1.04 bits per heavy atom. The number of amides is 4. The van der Waals surface area contributed by atoms with Gasteiger partial charge in [-0.05, 0) is 88.8 Å². The number of urea groups is 1. The number of carbonyl (C=O) groups excluding carboxylic acids is 3. The van der Waals surface area contributed by atoms with Crippen LogP contribution in [0.4, 0.5) is 4.79 Å². The maximum Gasteiger partial charge on any atom is 0.320 e. The van der Waals surface area contributed by atoms with E-state index in [2.05, 4.69) is 10.0 Å². The minimum atomic E-state index is -3.95. The predicted octanol–water partition coefficient (Wildman–Crippen LogP) is 4.11. The summed E-state index contributed by atoms with van der Waals surface area (Å²) in [6.07, 6.45) is 6.76. The van der Waals surface area contributed by atoms with Crippen LogP contribution in [0.2, 0.25) is 0 Å². The smallest absolute Gasteiger partial charge is 0.320 e. The Balaban J connectivity index is 1.21. The number of hydrogen-bond donors (Lipinski definition) is 2. The van der Waals surface area contributed by atoms with Crippen molar-refractivity contribution in [2.24, 2.45) is 5.92 Å². The lowest BCUT2D eigenvalue weighted by Crippen LogP contribution is -2.58. The maximum atomic E-state index is 14.3. The summed E-state index contributed by atoms with van der Waals surface area (Å²) in [6.45, 7) is 4.09. The number of sulfonamides is 1. The molecule has 4 atom stereocenters. The number of fused-ring (bicyclic) bond motifs is 3. The van der Waals surface area contributed by atoms with E-state index in [9.17, 15) is 22.8 Å². The van der Waals surface area contributed by atoms with Crippen LogP contribution in [0.25, 0.3) is 22.3 Å². The molecule has 15 heteroatoms. The summed E-state index contributed by atoms with van der Waals surface area (Å²) in [5, 5.41) is 3.55. The molecular formula is C38H46N6O8S. The normalized spacial score (nSPS) is 25.5. The van der Waals surface area contributed by atoms with Crippen molar-refractivity contribution in [2.75, 3.05) is 34.4 Å². The van der Waals surface area contributed by atoms with Crippen LogP contribution in [0.1, 0.15) is 57.4 Å². The third-order valence-electron chi connectivity index (χ3n) is 11.1. The van der Waals surface area contributed by atoms with Gasteiger partial charge in [0.15, 0.2) is 5.82 Å². The van der Waals surface area contributed by atoms with Crippen molar-refractivity contribution in [2.45, 2.75) is 81.2 Å². The molecule has 1 saturated heterocycles. The van der Waals surface area contributed by atoms with Crippen molar-refractivity contribution in [3.8, 4) is 28.8 Å². The number of nitrogens with zero attached hydrogens (tertiary/aromatic N) is 4. The standard InChI is InChI=1S/C38H46N6O8S/c1-23-30(51-5)16-15-28-31(23)39-32(24-11-13-26(50-4)14-12-24)40-34(28)52-27-20-29-33(45)41-38(35(46)42-53(48,49)37(2)17-18-37)21-25(38)10-8-6-7-9-19-43(3)36(47)44(29)22-27/h8,10-16,25,27,29H,6-7,9,17-22H2,1-5H3,(H,41,45)(H,42,46)/t25-,27-,29+,38-/m1/s1. The fraction of sp³-hybridized carbons (Fsp3) is 0.500. The Morgan fingerprint density at radius 3 is 2.49 bits per heavy atom. The van der Waals surface area contributed by atoms with Gasteiger partial charge in [0.2, 0.25) is 21.8 Å². The molecule has 282 valence electrons. The number of aromatic nitrogens is 2. The summed E-state index contributed by atoms with van der Waals surface area (Å²) < 4.78 is 45.0. The molecule has 3 fully saturated rings. The van der Waals surface area contributed by atoms with Crippen LogP contribution in [-0.2, 0) is 19.6 Å². The van der Waals surface area contributed by atoms with Crippen molar-refractivity contribution in [3.05, 3.63) is 54.1 Å². The highest BCUT2D eigenvalue weighted by Crippen LogP contribution is 2.47. The molecule has 14 nitrogen and oxygen atoms in total. The number of benzene rings is 2. The van der Waals surface area contributed by atoms with E-state index in [4.69, 9.17) is 24.2 Å². The monoisotopic (exact) mass is 746 g/mol. The molecule has 2 aliphatic heterocycles. The number of ether oxygens (including phenoxy) is 3. The van der Waals surface area contributed by atoms with Gasteiger partial charge in [-0.3, -0.25) is 14.3 Å². The van der Waals surface area contributed by atoms with Crippen LogP contribution < -0.4 is 24.2 Å². The van der Waals surface area contributed by atoms with Crippen molar-refractivity contribution >= 4 is 38.8 Å². The molecule has 2 aliphatic carbocycles. The third kappa shape index (κ3) is 6.86. The largest absolute Gasteiger partial charge is 0.497 e. The second-order valence-corrected chi connectivity index (χ2v) is 17.0. The van der Waals surface area contributed by atoms with Crippen LogP contribution in [-0.4, -0.2) is 103 Å². The lowest BCUT2D eigenvalue weighted by atomic mass is 10.1. The average molecular weight is 747 g/mol. The molecule has 7 rings (SSSR count). The highest BCUT2D eigenvalue weighted by Gasteiger charge is 2.63. The Bertz CT molecular complexity index is 2090. The molecule has 4 aliphatic rings. The van der Waals surface area contributed by atoms with Gasteiger partial charge in [0.25, 0.3) is 5.91 Å². The SMILES string of the molecule is COc1ccc(-c2nc(O[C@@H]3C[C@H]4C(=O)N[C@]5(C(=O)NS(=O)(=O)C6(C)CC6)C[C@H]5C=CCCCCN(C)C(=O)N4C3)c3ccc(OC)c(C)c3n2)cc1. The summed E-state index contributed by atoms with van der Waals surface area (Å²) in [5.41, 5.74) is 0.693. The van der Waals surface area contributed by atoms with Crippen molar-refractivity contribution < 1.29 is 37.0 Å². The summed E-state index contributed by atoms with van der Waals surface area (Å²) in [6, 6.07) is 9.64. The Hall–Kier alpha value is -4.92. The quantitative estimate of drug-likeness (QED) is 0.320. The summed E-state index contributed by atoms with van der Waals surface area (Å²) in [7, 11) is 0.942. The van der Waals surface area contributed by atoms with E-state index in [-0.39, 0.29) is 37.2 Å². The number of rotatable bonds is 8. The van der Waals surface area contributed by atoms with Gasteiger partial charge in [0.1, 0.15) is 29.2 Å². The molecule has 0 radical (unpaired) electrons. The molecule has 3 aromatic rings. The van der Waals surface area contributed by atoms with Crippen LogP contribution >= 0.6 is 0 Å². The first-order valence-electron chi connectivity index (χ1n) is 18.0. The second-order valence-electron chi connectivity index (χ2n) is 14.8. The van der Waals surface area contributed by atoms with Gasteiger partial charge in [0.05, 0.1) is 36.4 Å². The molecule has 0 spiro atoms. The zero-order valence-electron chi connectivity index (χ0n) is 30.7. The van der Waals surface area contributed by atoms with E-state index in [1.807, 2.05) is 55.5 Å². The minimum absolute atomic E-state index is 0.0784. The van der Waals surface area contributed by atoms with Crippen molar-refractivity contribution in [1.29, 1.82) is 0 Å². The number of aryl methyl sites for hydroxylation is 1. The van der Waals surface area contributed by atoms with Crippen LogP contribution in [0.3, 0.4) is 0 Å². The predicted molar refractivity (Wildman–Crippen MR) is 197 cm³/mol. The van der Waals surface area contributed by atoms with Crippen molar-refractivity contribution in [3.63, 3.8) is 0 Å². The van der Waals surface area contributed by atoms with Gasteiger partial charge in [-0.15, -0.1) is 0 Å². The van der Waals surface area contributed by atoms with Gasteiger partial charge in [-0.25, -0.2) is 18.2 Å². The fourth-order valence-corrected chi connectivity index (χ4v) is 8.53. The average Bonchev–Trinajstić information content (AvgIpc) is 4.03. The lowest BCUT2D eigenvalue weighted by Gasteiger charge is -2.30. The third-order valence-corrected chi connectivity index (χ3v) is 13.3. The van der Waals surface area contributed by atoms with E-state index in [0.717, 1.165) is 30.4 Å². The van der Waals surface area contributed by atoms with Crippen molar-refractivity contribution in [1.82, 2.24) is 29.8 Å². The maximum absolute atomic E-state index is 14.3. The van der Waals surface area contributed by atoms with E-state index in [0.29, 0.717) is 47.6 Å². The molecule has 4 amide bonds. The lowest BCUT2D eigenvalue weighted by molar-refractivity contribution is -0.131. The molecule has 0 bridgehead atoms. The number of hydrogen-bond acceptors (Lipinski definition) is 10. The molecule has 2 saturated carbocycles. The summed E-state index contributed by atoms with van der Waals surface area (Å²) in [4.78, 5) is 54.8. The summed E-state index contributed by atoms with van der Waals surface area (Å²) >= 11 is 0. The van der Waals surface area contributed by atoms with Gasteiger partial charge >= 0.3 is 6.03 Å². The second kappa shape index (κ2) is 13.8. The number of allylic oxidation sites excluding steroid dienone is 1. The highest BCUT2D eigenvalue weighted by atomic mass is 32.2. The fourth-order valence-electron chi connectivity index (χ4n) is 7.22. The Morgan fingerprint density at radius 2 is 1.79 bits per heavy atom. The topological polar surface area (TPSA) is 169 Å². The zero-order valence-corrected chi connectivity index (χ0v) is 31.5. The Kier molecular flexibility index (Phi) is 9.49. The highest BCUT2D eigenvalue weighted by molar-refractivity contribution is 7.91. The van der Waals surface area contributed by atoms with E-state index in [1.54, 1.807) is 33.1 Å².